The number of fused-ring (bicyclic) bond motifs is 2. The fourth-order valence-electron chi connectivity index (χ4n) is 4.99. The molecule has 0 saturated carbocycles. The van der Waals surface area contributed by atoms with Gasteiger partial charge in [-0.05, 0) is 36.2 Å². The monoisotopic (exact) mass is 426 g/mol. The van der Waals surface area contributed by atoms with E-state index in [1.54, 1.807) is 18.3 Å². The molecule has 0 unspecified atom stereocenters. The smallest absolute Gasteiger partial charge is 0.252 e. The third-order valence-corrected chi connectivity index (χ3v) is 6.57. The van der Waals surface area contributed by atoms with Crippen LogP contribution in [0.25, 0.3) is 0 Å². The number of carbonyl (C=O) groups is 2. The number of nitrogens with zero attached hydrogens (tertiary/aromatic N) is 4. The molecule has 5 rings (SSSR count). The molecule has 3 saturated heterocycles. The number of pyridine rings is 1. The molecule has 0 radical (unpaired) electrons. The highest BCUT2D eigenvalue weighted by Gasteiger charge is 2.64. The highest BCUT2D eigenvalue weighted by atomic mass is 35.5. The number of halogens is 1. The van der Waals surface area contributed by atoms with E-state index >= 15 is 0 Å². The van der Waals surface area contributed by atoms with Crippen LogP contribution in [0.5, 0.6) is 0 Å². The summed E-state index contributed by atoms with van der Waals surface area (Å²) >= 11 is 6.09. The number of aromatic nitrogens is 1. The molecule has 8 heteroatoms. The van der Waals surface area contributed by atoms with Crippen LogP contribution in [0, 0.1) is 0 Å². The van der Waals surface area contributed by atoms with Crippen molar-refractivity contribution in [3.63, 3.8) is 0 Å². The summed E-state index contributed by atoms with van der Waals surface area (Å²) in [5, 5.41) is 10.8. The summed E-state index contributed by atoms with van der Waals surface area (Å²) in [4.78, 5) is 36.6. The Hall–Kier alpha value is -2.32. The lowest BCUT2D eigenvalue weighted by atomic mass is 9.82. The van der Waals surface area contributed by atoms with Crippen LogP contribution in [-0.2, 0) is 22.7 Å². The Labute approximate surface area is 179 Å². The van der Waals surface area contributed by atoms with E-state index in [4.69, 9.17) is 11.6 Å². The second-order valence-corrected chi connectivity index (χ2v) is 8.85. The molecule has 4 heterocycles. The van der Waals surface area contributed by atoms with Gasteiger partial charge in [-0.25, -0.2) is 0 Å². The number of aliphatic hydroxyl groups is 1. The third kappa shape index (κ3) is 3.22. The first kappa shape index (κ1) is 19.6. The molecule has 3 aliphatic rings. The zero-order valence-electron chi connectivity index (χ0n) is 16.4. The maximum atomic E-state index is 13.6. The molecule has 3 aliphatic heterocycles. The zero-order valence-corrected chi connectivity index (χ0v) is 17.2. The molecule has 156 valence electrons. The molecule has 0 aliphatic carbocycles. The van der Waals surface area contributed by atoms with E-state index in [0.717, 1.165) is 11.3 Å². The molecule has 2 atom stereocenters. The van der Waals surface area contributed by atoms with Gasteiger partial charge in [-0.2, -0.15) is 0 Å². The number of β-amino-alcohol motifs (C(OH)–C–C–N with tert-alkyl or cyclic N) is 1. The molecule has 7 nitrogen and oxygen atoms in total. The van der Waals surface area contributed by atoms with Gasteiger partial charge in [0.15, 0.2) is 0 Å². The standard InChI is InChI=1S/C22H23ClN4O3/c23-16-5-3-4-15(8-16)10-26-20(29)19-9-18(28)12-27(19)22(21(26)30)13-25(14-22)11-17-6-1-2-7-24-17/h1-8,18-19,28H,9-14H2/t18-,19+/m1/s1. The van der Waals surface area contributed by atoms with Crippen molar-refractivity contribution in [1.29, 1.82) is 0 Å². The molecule has 1 aromatic heterocycles. The number of likely N-dealkylation sites (tertiary alicyclic amines) is 1. The highest BCUT2D eigenvalue weighted by Crippen LogP contribution is 2.41. The van der Waals surface area contributed by atoms with Crippen LogP contribution in [0.3, 0.4) is 0 Å². The van der Waals surface area contributed by atoms with Crippen LogP contribution in [0.4, 0.5) is 0 Å². The number of benzene rings is 1. The summed E-state index contributed by atoms with van der Waals surface area (Å²) < 4.78 is 0. The van der Waals surface area contributed by atoms with E-state index in [0.29, 0.717) is 37.6 Å². The number of rotatable bonds is 4. The molecule has 30 heavy (non-hydrogen) atoms. The second-order valence-electron chi connectivity index (χ2n) is 8.41. The van der Waals surface area contributed by atoms with Gasteiger partial charge in [0.1, 0.15) is 5.54 Å². The third-order valence-electron chi connectivity index (χ3n) is 6.33. The van der Waals surface area contributed by atoms with Crippen LogP contribution < -0.4 is 0 Å². The largest absolute Gasteiger partial charge is 0.392 e. The lowest BCUT2D eigenvalue weighted by Gasteiger charge is -2.58. The van der Waals surface area contributed by atoms with Crippen molar-refractivity contribution in [3.8, 4) is 0 Å². The van der Waals surface area contributed by atoms with Gasteiger partial charge in [-0.1, -0.05) is 29.8 Å². The maximum absolute atomic E-state index is 13.6. The SMILES string of the molecule is O=C1[C@@H]2C[C@@H](O)CN2C2(CN(Cc3ccccn3)C2)C(=O)N1Cc1cccc(Cl)c1. The van der Waals surface area contributed by atoms with Gasteiger partial charge in [0.2, 0.25) is 5.91 Å². The minimum Gasteiger partial charge on any atom is -0.392 e. The average molecular weight is 427 g/mol. The van der Waals surface area contributed by atoms with Crippen LogP contribution in [0.1, 0.15) is 17.7 Å². The molecule has 1 N–H and O–H groups in total. The summed E-state index contributed by atoms with van der Waals surface area (Å²) in [7, 11) is 0. The average Bonchev–Trinajstić information content (AvgIpc) is 3.10. The fraction of sp³-hybridized carbons (Fsp3) is 0.409. The van der Waals surface area contributed by atoms with Gasteiger partial charge in [-0.15, -0.1) is 0 Å². The van der Waals surface area contributed by atoms with Gasteiger partial charge in [0, 0.05) is 37.4 Å². The minimum absolute atomic E-state index is 0.185. The van der Waals surface area contributed by atoms with Crippen molar-refractivity contribution >= 4 is 23.4 Å². The van der Waals surface area contributed by atoms with E-state index in [2.05, 4.69) is 9.88 Å². The Morgan fingerprint density at radius 3 is 2.70 bits per heavy atom. The van der Waals surface area contributed by atoms with Crippen molar-refractivity contribution in [3.05, 3.63) is 64.9 Å². The van der Waals surface area contributed by atoms with Gasteiger partial charge >= 0.3 is 0 Å². The predicted octanol–water partition coefficient (Wildman–Crippen LogP) is 1.29. The topological polar surface area (TPSA) is 77.0 Å². The first-order chi connectivity index (χ1) is 14.5. The van der Waals surface area contributed by atoms with E-state index < -0.39 is 17.7 Å². The van der Waals surface area contributed by atoms with E-state index in [-0.39, 0.29) is 18.4 Å². The molecule has 0 bridgehead atoms. The van der Waals surface area contributed by atoms with Crippen molar-refractivity contribution in [2.75, 3.05) is 19.6 Å². The van der Waals surface area contributed by atoms with E-state index in [1.807, 2.05) is 35.2 Å². The molecule has 1 spiro atoms. The summed E-state index contributed by atoms with van der Waals surface area (Å²) in [5.41, 5.74) is 0.986. The Bertz CT molecular complexity index is 979. The molecule has 3 fully saturated rings. The Morgan fingerprint density at radius 1 is 1.13 bits per heavy atom. The first-order valence-corrected chi connectivity index (χ1v) is 10.5. The Morgan fingerprint density at radius 2 is 1.97 bits per heavy atom. The van der Waals surface area contributed by atoms with Crippen LogP contribution in [-0.4, -0.2) is 73.9 Å². The van der Waals surface area contributed by atoms with Gasteiger partial charge in [0.25, 0.3) is 5.91 Å². The molecular formula is C22H23ClN4O3. The number of imide groups is 1. The number of piperazine rings is 1. The lowest BCUT2D eigenvalue weighted by Crippen LogP contribution is -2.81. The summed E-state index contributed by atoms with van der Waals surface area (Å²) in [6, 6.07) is 12.5. The number of hydrogen-bond acceptors (Lipinski definition) is 6. The minimum atomic E-state index is -0.774. The van der Waals surface area contributed by atoms with E-state index in [1.165, 1.54) is 4.90 Å². The molecule has 1 aromatic carbocycles. The number of amides is 2. The number of carbonyl (C=O) groups excluding carboxylic acids is 2. The summed E-state index contributed by atoms with van der Waals surface area (Å²) in [6.07, 6.45) is 1.52. The van der Waals surface area contributed by atoms with Crippen molar-refractivity contribution in [2.24, 2.45) is 0 Å². The maximum Gasteiger partial charge on any atom is 0.252 e. The molecule has 2 aromatic rings. The summed E-state index contributed by atoms with van der Waals surface area (Å²) in [5.74, 6) is -0.416. The lowest BCUT2D eigenvalue weighted by molar-refractivity contribution is -0.181. The van der Waals surface area contributed by atoms with Crippen LogP contribution >= 0.6 is 11.6 Å². The number of aliphatic hydroxyl groups excluding tert-OH is 1. The first-order valence-electron chi connectivity index (χ1n) is 10.1. The van der Waals surface area contributed by atoms with Gasteiger partial charge in [0.05, 0.1) is 24.4 Å². The van der Waals surface area contributed by atoms with Crippen molar-refractivity contribution in [2.45, 2.75) is 37.2 Å². The fourth-order valence-corrected chi connectivity index (χ4v) is 5.20. The summed E-state index contributed by atoms with van der Waals surface area (Å²) in [6.45, 7) is 2.24. The predicted molar refractivity (Wildman–Crippen MR) is 110 cm³/mol. The quantitative estimate of drug-likeness (QED) is 0.742. The normalized spacial score (nSPS) is 26.1. The molecular weight excluding hydrogens is 404 g/mol. The van der Waals surface area contributed by atoms with Crippen LogP contribution in [0.2, 0.25) is 5.02 Å². The van der Waals surface area contributed by atoms with E-state index in [9.17, 15) is 14.7 Å². The number of hydrogen-bond donors (Lipinski definition) is 1. The Balaban J connectivity index is 1.40. The Kier molecular flexibility index (Phi) is 4.86. The van der Waals surface area contributed by atoms with Gasteiger partial charge in [-0.3, -0.25) is 29.3 Å². The van der Waals surface area contributed by atoms with Crippen molar-refractivity contribution < 1.29 is 14.7 Å². The highest BCUT2D eigenvalue weighted by molar-refractivity contribution is 6.30. The van der Waals surface area contributed by atoms with Gasteiger partial charge < -0.3 is 5.11 Å². The van der Waals surface area contributed by atoms with Crippen LogP contribution in [0.15, 0.2) is 48.7 Å². The van der Waals surface area contributed by atoms with Crippen molar-refractivity contribution in [1.82, 2.24) is 19.7 Å². The second kappa shape index (κ2) is 7.42. The zero-order chi connectivity index (χ0) is 20.9. The molecule has 2 amide bonds.